The van der Waals surface area contributed by atoms with E-state index < -0.39 is 0 Å². The van der Waals surface area contributed by atoms with E-state index in [0.29, 0.717) is 17.8 Å². The van der Waals surface area contributed by atoms with E-state index in [1.165, 1.54) is 6.42 Å². The third-order valence-corrected chi connectivity index (χ3v) is 5.19. The van der Waals surface area contributed by atoms with Crippen LogP contribution in [0.3, 0.4) is 0 Å². The van der Waals surface area contributed by atoms with Gasteiger partial charge in [-0.25, -0.2) is 0 Å². The Morgan fingerprint density at radius 1 is 1.33 bits per heavy atom. The molecule has 0 aromatic carbocycles. The molecule has 4 atom stereocenters. The van der Waals surface area contributed by atoms with Gasteiger partial charge in [-0.2, -0.15) is 0 Å². The van der Waals surface area contributed by atoms with Gasteiger partial charge < -0.3 is 15.0 Å². The number of nitrogens with two attached hydrogens (primary N) is 1. The van der Waals surface area contributed by atoms with Crippen molar-refractivity contribution < 1.29 is 9.31 Å². The Bertz CT molecular complexity index is 296. The first kappa shape index (κ1) is 10.1. The van der Waals surface area contributed by atoms with Crippen LogP contribution in [0, 0.1) is 17.3 Å². The number of hydrogen-bond acceptors (Lipinski definition) is 3. The summed E-state index contributed by atoms with van der Waals surface area (Å²) < 4.78 is 11.9. The lowest BCUT2D eigenvalue weighted by Crippen LogP contribution is -2.65. The quantitative estimate of drug-likeness (QED) is 0.660. The molecule has 2 N–H and O–H groups in total. The van der Waals surface area contributed by atoms with Crippen LogP contribution in [0.4, 0.5) is 0 Å². The predicted octanol–water partition coefficient (Wildman–Crippen LogP) is 1.21. The zero-order valence-corrected chi connectivity index (χ0v) is 9.82. The molecule has 2 bridgehead atoms. The van der Waals surface area contributed by atoms with E-state index in [1.54, 1.807) is 0 Å². The highest BCUT2D eigenvalue weighted by atomic mass is 16.7. The molecule has 4 heteroatoms. The first-order valence-corrected chi connectivity index (χ1v) is 6.02. The van der Waals surface area contributed by atoms with Crippen LogP contribution >= 0.6 is 0 Å². The highest BCUT2D eigenvalue weighted by Crippen LogP contribution is 2.65. The second kappa shape index (κ2) is 2.79. The second-order valence-corrected chi connectivity index (χ2v) is 6.13. The van der Waals surface area contributed by atoms with Crippen molar-refractivity contribution in [1.82, 2.24) is 0 Å². The standard InChI is InChI=1S/C11H20BNO2/c1-10(2)7-4-8(10)11(3)9(5-7)14-12(6-13)15-11/h7-9H,4-6,13H2,1-3H3/t7-,8-,9?,11-/m0/s1. The highest BCUT2D eigenvalue weighted by molar-refractivity contribution is 6.45. The lowest BCUT2D eigenvalue weighted by molar-refractivity contribution is -0.199. The van der Waals surface area contributed by atoms with Gasteiger partial charge in [0.2, 0.25) is 0 Å². The van der Waals surface area contributed by atoms with E-state index >= 15 is 0 Å². The van der Waals surface area contributed by atoms with Gasteiger partial charge in [0.15, 0.2) is 0 Å². The number of hydrogen-bond donors (Lipinski definition) is 1. The molecule has 1 unspecified atom stereocenters. The summed E-state index contributed by atoms with van der Waals surface area (Å²) in [7, 11) is -0.171. The van der Waals surface area contributed by atoms with E-state index in [4.69, 9.17) is 15.0 Å². The van der Waals surface area contributed by atoms with E-state index in [-0.39, 0.29) is 18.8 Å². The van der Waals surface area contributed by atoms with E-state index in [0.717, 1.165) is 12.3 Å². The van der Waals surface area contributed by atoms with E-state index in [9.17, 15) is 0 Å². The highest BCUT2D eigenvalue weighted by Gasteiger charge is 2.67. The fourth-order valence-electron chi connectivity index (χ4n) is 4.05. The molecule has 1 heterocycles. The summed E-state index contributed by atoms with van der Waals surface area (Å²) in [4.78, 5) is 0. The molecule has 4 fully saturated rings. The van der Waals surface area contributed by atoms with Gasteiger partial charge >= 0.3 is 7.12 Å². The molecule has 0 radical (unpaired) electrons. The summed E-state index contributed by atoms with van der Waals surface area (Å²) in [5.41, 5.74) is 5.97. The molecule has 0 amide bonds. The minimum atomic E-state index is -0.171. The summed E-state index contributed by atoms with van der Waals surface area (Å²) in [5, 5.41) is 0. The summed E-state index contributed by atoms with van der Waals surface area (Å²) in [5.74, 6) is 1.46. The summed E-state index contributed by atoms with van der Waals surface area (Å²) in [6, 6.07) is 0. The molecule has 3 saturated carbocycles. The van der Waals surface area contributed by atoms with Crippen LogP contribution in [0.1, 0.15) is 33.6 Å². The molecule has 0 spiro atoms. The Kier molecular flexibility index (Phi) is 1.88. The minimum absolute atomic E-state index is 0.0811. The molecule has 1 aliphatic heterocycles. The zero-order valence-electron chi connectivity index (χ0n) is 9.82. The largest absolute Gasteiger partial charge is 0.472 e. The van der Waals surface area contributed by atoms with Gasteiger partial charge in [0, 0.05) is 6.44 Å². The lowest BCUT2D eigenvalue weighted by Gasteiger charge is -2.64. The van der Waals surface area contributed by atoms with Crippen LogP contribution in [0.15, 0.2) is 0 Å². The Balaban J connectivity index is 1.89. The van der Waals surface area contributed by atoms with Crippen LogP contribution in [-0.2, 0) is 9.31 Å². The molecule has 0 aromatic heterocycles. The molecule has 3 nitrogen and oxygen atoms in total. The van der Waals surface area contributed by atoms with Crippen LogP contribution in [0.25, 0.3) is 0 Å². The molecule has 84 valence electrons. The van der Waals surface area contributed by atoms with Crippen LogP contribution in [-0.4, -0.2) is 25.3 Å². The van der Waals surface area contributed by atoms with Gasteiger partial charge in [0.05, 0.1) is 11.7 Å². The van der Waals surface area contributed by atoms with Crippen molar-refractivity contribution in [2.75, 3.05) is 6.44 Å². The maximum Gasteiger partial charge on any atom is 0.472 e. The fraction of sp³-hybridized carbons (Fsp3) is 1.00. The third-order valence-electron chi connectivity index (χ3n) is 5.19. The summed E-state index contributed by atoms with van der Waals surface area (Å²) in [6.45, 7) is 6.95. The average Bonchev–Trinajstić information content (AvgIpc) is 2.53. The Morgan fingerprint density at radius 3 is 2.67 bits per heavy atom. The fourth-order valence-corrected chi connectivity index (χ4v) is 4.05. The monoisotopic (exact) mass is 209 g/mol. The predicted molar refractivity (Wildman–Crippen MR) is 59.2 cm³/mol. The lowest BCUT2D eigenvalue weighted by atomic mass is 9.43. The average molecular weight is 209 g/mol. The van der Waals surface area contributed by atoms with Crippen molar-refractivity contribution in [2.24, 2.45) is 23.0 Å². The SMILES string of the molecule is CC1(C)[C@@H]2CC3OB(CN)O[C@@]3(C)[C@H]1C2. The van der Waals surface area contributed by atoms with Crippen LogP contribution in [0.5, 0.6) is 0 Å². The summed E-state index contributed by atoms with van der Waals surface area (Å²) in [6.07, 6.45) is 3.21. The van der Waals surface area contributed by atoms with Gasteiger partial charge in [-0.15, -0.1) is 0 Å². The van der Waals surface area contributed by atoms with Gasteiger partial charge in [-0.1, -0.05) is 13.8 Å². The molecule has 4 aliphatic rings. The van der Waals surface area contributed by atoms with Crippen molar-refractivity contribution in [2.45, 2.75) is 45.3 Å². The Hall–Kier alpha value is -0.0551. The first-order valence-electron chi connectivity index (χ1n) is 6.02. The summed E-state index contributed by atoms with van der Waals surface area (Å²) >= 11 is 0. The van der Waals surface area contributed by atoms with E-state index in [1.807, 2.05) is 0 Å². The maximum absolute atomic E-state index is 6.04. The molecule has 15 heavy (non-hydrogen) atoms. The normalized spacial score (nSPS) is 51.2. The zero-order chi connectivity index (χ0) is 10.8. The van der Waals surface area contributed by atoms with Gasteiger partial charge in [-0.05, 0) is 37.0 Å². The van der Waals surface area contributed by atoms with Crippen molar-refractivity contribution in [1.29, 1.82) is 0 Å². The molecule has 4 rings (SSSR count). The molecule has 1 saturated heterocycles. The first-order chi connectivity index (χ1) is 6.98. The number of rotatable bonds is 1. The van der Waals surface area contributed by atoms with Crippen molar-refractivity contribution in [3.8, 4) is 0 Å². The van der Waals surface area contributed by atoms with E-state index in [2.05, 4.69) is 20.8 Å². The minimum Gasteiger partial charge on any atom is -0.405 e. The topological polar surface area (TPSA) is 44.5 Å². The third kappa shape index (κ3) is 1.08. The van der Waals surface area contributed by atoms with Crippen LogP contribution in [0.2, 0.25) is 0 Å². The van der Waals surface area contributed by atoms with Crippen LogP contribution < -0.4 is 5.73 Å². The molecular weight excluding hydrogens is 189 g/mol. The van der Waals surface area contributed by atoms with Crippen molar-refractivity contribution in [3.63, 3.8) is 0 Å². The van der Waals surface area contributed by atoms with Crippen molar-refractivity contribution in [3.05, 3.63) is 0 Å². The van der Waals surface area contributed by atoms with Gasteiger partial charge in [0.25, 0.3) is 0 Å². The maximum atomic E-state index is 6.04. The molecule has 3 aliphatic carbocycles. The van der Waals surface area contributed by atoms with Gasteiger partial charge in [0.1, 0.15) is 0 Å². The van der Waals surface area contributed by atoms with Gasteiger partial charge in [-0.3, -0.25) is 0 Å². The Labute approximate surface area is 91.8 Å². The van der Waals surface area contributed by atoms with Crippen molar-refractivity contribution >= 4 is 7.12 Å². The molecule has 0 aromatic rings. The molecular formula is C11H20BNO2. The Morgan fingerprint density at radius 2 is 2.07 bits per heavy atom. The second-order valence-electron chi connectivity index (χ2n) is 6.13. The smallest absolute Gasteiger partial charge is 0.405 e.